The van der Waals surface area contributed by atoms with E-state index < -0.39 is 29.0 Å². The average Bonchev–Trinajstić information content (AvgIpc) is 3.81. The molecule has 3 heterocycles. The van der Waals surface area contributed by atoms with Gasteiger partial charge in [0, 0.05) is 58.4 Å². The summed E-state index contributed by atoms with van der Waals surface area (Å²) in [6.45, 7) is 4.44. The first-order valence-corrected chi connectivity index (χ1v) is 21.6. The van der Waals surface area contributed by atoms with E-state index >= 15 is 0 Å². The summed E-state index contributed by atoms with van der Waals surface area (Å²) in [4.78, 5) is 67.4. The maximum atomic E-state index is 12.6. The van der Waals surface area contributed by atoms with Crippen LogP contribution in [0.25, 0.3) is 44.6 Å². The van der Waals surface area contributed by atoms with E-state index in [1.807, 2.05) is 24.3 Å². The number of ether oxygens (including phenoxy) is 4. The minimum absolute atomic E-state index is 0. The third-order valence-corrected chi connectivity index (χ3v) is 11.0. The molecule has 0 spiro atoms. The van der Waals surface area contributed by atoms with Crippen molar-refractivity contribution < 1.29 is 48.3 Å². The third kappa shape index (κ3) is 11.8. The first kappa shape index (κ1) is 50.8. The first-order chi connectivity index (χ1) is 31.6. The Morgan fingerprint density at radius 1 is 0.761 bits per heavy atom. The van der Waals surface area contributed by atoms with Crippen LogP contribution in [0.4, 0.5) is 0 Å². The summed E-state index contributed by atoms with van der Waals surface area (Å²) in [5, 5.41) is 20.8. The molecule has 2 N–H and O–H groups in total. The van der Waals surface area contributed by atoms with Crippen LogP contribution in [0.15, 0.2) is 89.4 Å². The Balaban J connectivity index is 0.000000215. The number of amides is 1. The lowest BCUT2D eigenvalue weighted by atomic mass is 10.0. The molecule has 346 valence electrons. The summed E-state index contributed by atoms with van der Waals surface area (Å²) in [5.41, 5.74) is 0.522. The number of carbonyl (C=O) groups excluding carboxylic acids is 4. The summed E-state index contributed by atoms with van der Waals surface area (Å²) in [5.74, 6) is 8.06. The van der Waals surface area contributed by atoms with Gasteiger partial charge in [0.05, 0.1) is 38.5 Å². The van der Waals surface area contributed by atoms with Crippen LogP contribution in [-0.4, -0.2) is 111 Å². The molecule has 1 saturated heterocycles. The van der Waals surface area contributed by atoms with Crippen molar-refractivity contribution in [3.05, 3.63) is 106 Å². The highest BCUT2D eigenvalue weighted by Gasteiger charge is 2.42. The third-order valence-electron chi connectivity index (χ3n) is 10.5. The van der Waals surface area contributed by atoms with Crippen LogP contribution in [0.5, 0.6) is 11.5 Å². The number of esters is 2. The molecule has 0 bridgehead atoms. The van der Waals surface area contributed by atoms with Gasteiger partial charge in [-0.05, 0) is 87.4 Å². The number of hydrogen-bond donors (Lipinski definition) is 2. The fourth-order valence-electron chi connectivity index (χ4n) is 6.95. The lowest BCUT2D eigenvalue weighted by Gasteiger charge is -2.13. The smallest absolute Gasteiger partial charge is 0.357 e. The van der Waals surface area contributed by atoms with Gasteiger partial charge in [-0.1, -0.05) is 65.4 Å². The largest absolute Gasteiger partial charge is 0.497 e. The number of Topliss-reactive ketones (excluding diaryl/α,β-unsaturated/α-hetero) is 1. The Morgan fingerprint density at radius 2 is 1.30 bits per heavy atom. The van der Waals surface area contributed by atoms with Crippen molar-refractivity contribution >= 4 is 61.4 Å². The van der Waals surface area contributed by atoms with Gasteiger partial charge < -0.3 is 34.1 Å². The van der Waals surface area contributed by atoms with Crippen LogP contribution in [0, 0.1) is 24.2 Å². The number of ketones is 1. The Labute approximate surface area is 397 Å². The molecule has 4 aromatic carbocycles. The standard InChI is InChI=1S/C25H23N3O5.C18H15BrN2O3.C7H8O2.CH4/c1-4-33-23(29)21-19-15-18(32-3)8-9-20(19)26-22(27-21)17-7-5-6-16(14-17)10-11-25(31)12-13-28(2)24(25)30;1-3-24-18(22)16-14-10-13(23-2)7-8-15(14)20-17(21-16)11-5-4-6-12(19)9-11;1-2-7(9)5-3-4-6(7)8;/h5-9,14-15,31H,4,12-13H2,1-3H3;4-10H,3H2,1-2H3;1,9H,3-5H2;1H4/t25-;;7-;/m0.0./s1. The van der Waals surface area contributed by atoms with Crippen LogP contribution in [0.1, 0.15) is 73.5 Å². The van der Waals surface area contributed by atoms with Gasteiger partial charge in [0.25, 0.3) is 5.91 Å². The maximum Gasteiger partial charge on any atom is 0.357 e. The summed E-state index contributed by atoms with van der Waals surface area (Å²) >= 11 is 3.44. The van der Waals surface area contributed by atoms with E-state index in [2.05, 4.69) is 53.6 Å². The SMILES string of the molecule is C.C#C[C@]1(O)CCCC1=O.CCOC(=O)c1nc(-c2cccc(Br)c2)nc2ccc(OC)cc12.CCOC(=O)c1nc(-c2cccc(C#C[C@]3(O)CCN(C)C3=O)c2)nc2ccc(OC)cc12. The van der Waals surface area contributed by atoms with Crippen LogP contribution < -0.4 is 9.47 Å². The zero-order valence-electron chi connectivity index (χ0n) is 36.9. The second-order valence-electron chi connectivity index (χ2n) is 15.0. The monoisotopic (exact) mass is 971 g/mol. The second-order valence-corrected chi connectivity index (χ2v) is 15.9. The Hall–Kier alpha value is -7.24. The molecule has 2 aliphatic rings. The number of likely N-dealkylation sites (N-methyl/N-ethyl adjacent to an activating group) is 1. The summed E-state index contributed by atoms with van der Waals surface area (Å²) in [6.07, 6.45) is 6.78. The molecule has 8 rings (SSSR count). The maximum absolute atomic E-state index is 12.6. The highest BCUT2D eigenvalue weighted by molar-refractivity contribution is 9.10. The van der Waals surface area contributed by atoms with Gasteiger partial charge in [-0.2, -0.15) is 0 Å². The predicted molar refractivity (Wildman–Crippen MR) is 256 cm³/mol. The number of benzene rings is 4. The van der Waals surface area contributed by atoms with Gasteiger partial charge >= 0.3 is 11.9 Å². The number of carbonyl (C=O) groups is 4. The molecule has 16 heteroatoms. The van der Waals surface area contributed by atoms with Gasteiger partial charge in [-0.15, -0.1) is 6.42 Å². The number of likely N-dealkylation sites (tertiary alicyclic amines) is 1. The fraction of sp³-hybridized carbons (Fsp3) is 0.294. The van der Waals surface area contributed by atoms with Crippen LogP contribution in [0.3, 0.4) is 0 Å². The van der Waals surface area contributed by atoms with Crippen LogP contribution in [-0.2, 0) is 19.1 Å². The van der Waals surface area contributed by atoms with E-state index in [1.54, 1.807) is 95.8 Å². The first-order valence-electron chi connectivity index (χ1n) is 20.8. The number of hydrogen-bond acceptors (Lipinski definition) is 14. The molecular formula is C51H50BrN5O10. The Bertz CT molecular complexity index is 2940. The van der Waals surface area contributed by atoms with Crippen LogP contribution >= 0.6 is 15.9 Å². The van der Waals surface area contributed by atoms with Crippen molar-refractivity contribution in [2.45, 2.75) is 58.2 Å². The van der Waals surface area contributed by atoms with Gasteiger partial charge in [0.1, 0.15) is 11.5 Å². The number of fused-ring (bicyclic) bond motifs is 2. The molecule has 2 aromatic heterocycles. The van der Waals surface area contributed by atoms with Gasteiger partial charge in [0.2, 0.25) is 5.60 Å². The quantitative estimate of drug-likeness (QED) is 0.113. The molecule has 15 nitrogen and oxygen atoms in total. The zero-order valence-corrected chi connectivity index (χ0v) is 38.5. The van der Waals surface area contributed by atoms with Crippen LogP contribution in [0.2, 0.25) is 0 Å². The lowest BCUT2D eigenvalue weighted by molar-refractivity contribution is -0.137. The minimum Gasteiger partial charge on any atom is -0.497 e. The van der Waals surface area contributed by atoms with Crippen molar-refractivity contribution in [1.82, 2.24) is 24.8 Å². The second kappa shape index (κ2) is 22.3. The Kier molecular flexibility index (Phi) is 16.9. The summed E-state index contributed by atoms with van der Waals surface area (Å²) in [7, 11) is 4.75. The topological polar surface area (TPSA) is 200 Å². The molecule has 1 amide bonds. The molecule has 0 unspecified atom stereocenters. The number of halogens is 1. The molecule has 2 fully saturated rings. The van der Waals surface area contributed by atoms with E-state index in [9.17, 15) is 29.4 Å². The molecule has 2 atom stereocenters. The highest BCUT2D eigenvalue weighted by atomic mass is 79.9. The minimum atomic E-state index is -1.68. The number of rotatable bonds is 8. The van der Waals surface area contributed by atoms with Gasteiger partial charge in [-0.3, -0.25) is 9.59 Å². The summed E-state index contributed by atoms with van der Waals surface area (Å²) in [6, 6.07) is 25.3. The van der Waals surface area contributed by atoms with Gasteiger partial charge in [0.15, 0.2) is 34.4 Å². The van der Waals surface area contributed by atoms with E-state index in [-0.39, 0.29) is 44.2 Å². The number of aliphatic hydroxyl groups is 2. The molecule has 67 heavy (non-hydrogen) atoms. The average molecular weight is 973 g/mol. The molecule has 1 aliphatic heterocycles. The molecule has 6 aromatic rings. The normalized spacial score (nSPS) is 17.1. The van der Waals surface area contributed by atoms with E-state index in [4.69, 9.17) is 25.4 Å². The van der Waals surface area contributed by atoms with E-state index in [1.165, 1.54) is 4.90 Å². The van der Waals surface area contributed by atoms with E-state index in [0.717, 1.165) is 16.5 Å². The van der Waals surface area contributed by atoms with Crippen molar-refractivity contribution in [3.63, 3.8) is 0 Å². The predicted octanol–water partition coefficient (Wildman–Crippen LogP) is 7.41. The lowest BCUT2D eigenvalue weighted by Crippen LogP contribution is -2.37. The molecular weight excluding hydrogens is 922 g/mol. The zero-order chi connectivity index (χ0) is 47.6. The number of terminal acetylenes is 1. The number of nitrogens with zero attached hydrogens (tertiary/aromatic N) is 5. The summed E-state index contributed by atoms with van der Waals surface area (Å²) < 4.78 is 21.8. The number of aromatic nitrogens is 4. The molecule has 1 saturated carbocycles. The molecule has 1 aliphatic carbocycles. The number of methoxy groups -OCH3 is 2. The fourth-order valence-corrected chi connectivity index (χ4v) is 7.35. The van der Waals surface area contributed by atoms with Crippen molar-refractivity contribution in [2.75, 3.05) is 41.0 Å². The Morgan fingerprint density at radius 3 is 1.73 bits per heavy atom. The van der Waals surface area contributed by atoms with Crippen molar-refractivity contribution in [3.8, 4) is 58.5 Å². The van der Waals surface area contributed by atoms with Crippen molar-refractivity contribution in [1.29, 1.82) is 0 Å². The highest BCUT2D eigenvalue weighted by Crippen LogP contribution is 2.29. The van der Waals surface area contributed by atoms with E-state index in [0.29, 0.717) is 75.5 Å². The molecule has 0 radical (unpaired) electrons. The van der Waals surface area contributed by atoms with Crippen molar-refractivity contribution in [2.24, 2.45) is 0 Å². The van der Waals surface area contributed by atoms with Gasteiger partial charge in [-0.25, -0.2) is 29.5 Å².